The van der Waals surface area contributed by atoms with Crippen molar-refractivity contribution in [3.8, 4) is 0 Å². The van der Waals surface area contributed by atoms with Crippen LogP contribution < -0.4 is 15.5 Å². The number of piperazine rings is 1. The Bertz CT molecular complexity index is 1000. The zero-order chi connectivity index (χ0) is 23.8. The first-order chi connectivity index (χ1) is 15.9. The van der Waals surface area contributed by atoms with Gasteiger partial charge in [0.25, 0.3) is 5.91 Å². The smallest absolute Gasteiger partial charge is 0.337 e. The van der Waals surface area contributed by atoms with Crippen molar-refractivity contribution >= 4 is 29.2 Å². The van der Waals surface area contributed by atoms with Crippen LogP contribution in [0.2, 0.25) is 0 Å². The summed E-state index contributed by atoms with van der Waals surface area (Å²) in [4.78, 5) is 40.7. The Balaban J connectivity index is 1.63. The molecule has 1 saturated heterocycles. The molecular weight excluding hydrogens is 420 g/mol. The number of aromatic carboxylic acids is 1. The van der Waals surface area contributed by atoms with E-state index in [9.17, 15) is 19.5 Å². The number of anilines is 2. The highest BCUT2D eigenvalue weighted by Gasteiger charge is 2.23. The minimum Gasteiger partial charge on any atom is -0.478 e. The van der Waals surface area contributed by atoms with Gasteiger partial charge < -0.3 is 20.6 Å². The maximum absolute atomic E-state index is 12.6. The lowest BCUT2D eigenvalue weighted by Crippen LogP contribution is -2.49. The number of hydrogen-bond donors (Lipinski definition) is 3. The summed E-state index contributed by atoms with van der Waals surface area (Å²) >= 11 is 0. The van der Waals surface area contributed by atoms with Gasteiger partial charge in [0.15, 0.2) is 0 Å². The third-order valence-electron chi connectivity index (χ3n) is 5.81. The maximum Gasteiger partial charge on any atom is 0.337 e. The second kappa shape index (κ2) is 11.5. The molecule has 33 heavy (non-hydrogen) atoms. The SMILES string of the molecule is CCCCNC(=O)CN1CCN(c2ccc(NC(=O)c3ccccc3C)cc2C(=O)O)CC1. The lowest BCUT2D eigenvalue weighted by Gasteiger charge is -2.36. The van der Waals surface area contributed by atoms with Crippen molar-refractivity contribution < 1.29 is 19.5 Å². The molecule has 1 aliphatic rings. The number of amides is 2. The number of nitrogens with zero attached hydrogens (tertiary/aromatic N) is 2. The summed E-state index contributed by atoms with van der Waals surface area (Å²) in [6.07, 6.45) is 2.01. The van der Waals surface area contributed by atoms with Crippen LogP contribution in [0, 0.1) is 6.92 Å². The van der Waals surface area contributed by atoms with Crippen LogP contribution in [-0.2, 0) is 4.79 Å². The van der Waals surface area contributed by atoms with E-state index in [4.69, 9.17) is 0 Å². The molecule has 0 saturated carbocycles. The molecule has 2 amide bonds. The van der Waals surface area contributed by atoms with Gasteiger partial charge in [-0.3, -0.25) is 14.5 Å². The monoisotopic (exact) mass is 452 g/mol. The summed E-state index contributed by atoms with van der Waals surface area (Å²) in [5.74, 6) is -1.30. The van der Waals surface area contributed by atoms with Crippen molar-refractivity contribution in [2.24, 2.45) is 0 Å². The van der Waals surface area contributed by atoms with E-state index >= 15 is 0 Å². The van der Waals surface area contributed by atoms with Gasteiger partial charge in [0.05, 0.1) is 17.8 Å². The zero-order valence-electron chi connectivity index (χ0n) is 19.3. The van der Waals surface area contributed by atoms with Gasteiger partial charge in [-0.25, -0.2) is 4.79 Å². The number of benzene rings is 2. The van der Waals surface area contributed by atoms with Crippen LogP contribution in [-0.4, -0.2) is 67.1 Å². The van der Waals surface area contributed by atoms with Gasteiger partial charge in [-0.15, -0.1) is 0 Å². The number of unbranched alkanes of at least 4 members (excludes halogenated alkanes) is 1. The molecule has 0 spiro atoms. The van der Waals surface area contributed by atoms with E-state index in [1.54, 1.807) is 24.3 Å². The Morgan fingerprint density at radius 3 is 2.39 bits per heavy atom. The van der Waals surface area contributed by atoms with Gasteiger partial charge in [-0.2, -0.15) is 0 Å². The molecule has 0 bridgehead atoms. The molecule has 2 aromatic rings. The van der Waals surface area contributed by atoms with Crippen LogP contribution in [0.25, 0.3) is 0 Å². The molecule has 0 radical (unpaired) electrons. The van der Waals surface area contributed by atoms with Crippen LogP contribution >= 0.6 is 0 Å². The summed E-state index contributed by atoms with van der Waals surface area (Å²) in [5, 5.41) is 15.5. The average molecular weight is 453 g/mol. The standard InChI is InChI=1S/C25H32N4O4/c1-3-4-11-26-23(30)17-28-12-14-29(15-13-28)22-10-9-19(16-21(22)25(32)33)27-24(31)20-8-6-5-7-18(20)2/h5-10,16H,3-4,11-15,17H2,1-2H3,(H,26,30)(H,27,31)(H,32,33). The molecule has 0 aromatic heterocycles. The van der Waals surface area contributed by atoms with Gasteiger partial charge in [-0.1, -0.05) is 31.5 Å². The Kier molecular flexibility index (Phi) is 8.43. The number of carbonyl (C=O) groups is 3. The van der Waals surface area contributed by atoms with Crippen LogP contribution in [0.1, 0.15) is 46.0 Å². The molecule has 176 valence electrons. The van der Waals surface area contributed by atoms with Crippen LogP contribution in [0.15, 0.2) is 42.5 Å². The van der Waals surface area contributed by atoms with Gasteiger partial charge in [0.2, 0.25) is 5.91 Å². The number of aryl methyl sites for hydroxylation is 1. The molecule has 8 nitrogen and oxygen atoms in total. The summed E-state index contributed by atoms with van der Waals surface area (Å²) in [5.41, 5.74) is 2.59. The minimum atomic E-state index is -1.05. The number of carboxylic acid groups (broad SMARTS) is 1. The van der Waals surface area contributed by atoms with Gasteiger partial charge >= 0.3 is 5.97 Å². The summed E-state index contributed by atoms with van der Waals surface area (Å²) in [7, 11) is 0. The quantitative estimate of drug-likeness (QED) is 0.506. The van der Waals surface area contributed by atoms with Gasteiger partial charge in [0, 0.05) is 44.0 Å². The maximum atomic E-state index is 12.6. The van der Waals surface area contributed by atoms with E-state index in [-0.39, 0.29) is 17.4 Å². The fourth-order valence-electron chi connectivity index (χ4n) is 3.90. The lowest BCUT2D eigenvalue weighted by atomic mass is 10.1. The van der Waals surface area contributed by atoms with Gasteiger partial charge in [0.1, 0.15) is 0 Å². The topological polar surface area (TPSA) is 102 Å². The normalized spacial score (nSPS) is 14.1. The second-order valence-corrected chi connectivity index (χ2v) is 8.27. The fourth-order valence-corrected chi connectivity index (χ4v) is 3.90. The van der Waals surface area contributed by atoms with Crippen molar-refractivity contribution in [3.63, 3.8) is 0 Å². The summed E-state index contributed by atoms with van der Waals surface area (Å²) in [6, 6.07) is 12.2. The Hall–Kier alpha value is -3.39. The third-order valence-corrected chi connectivity index (χ3v) is 5.81. The van der Waals surface area contributed by atoms with Gasteiger partial charge in [-0.05, 0) is 43.2 Å². The summed E-state index contributed by atoms with van der Waals surface area (Å²) < 4.78 is 0. The van der Waals surface area contributed by atoms with E-state index in [0.717, 1.165) is 18.4 Å². The Morgan fingerprint density at radius 1 is 1.00 bits per heavy atom. The van der Waals surface area contributed by atoms with Crippen LogP contribution in [0.5, 0.6) is 0 Å². The first-order valence-electron chi connectivity index (χ1n) is 11.4. The molecule has 3 N–H and O–H groups in total. The molecule has 0 aliphatic carbocycles. The first kappa shape index (κ1) is 24.3. The second-order valence-electron chi connectivity index (χ2n) is 8.27. The molecule has 1 heterocycles. The van der Waals surface area contributed by atoms with E-state index in [0.29, 0.717) is 56.2 Å². The molecule has 1 aliphatic heterocycles. The molecule has 0 unspecified atom stereocenters. The van der Waals surface area contributed by atoms with Crippen molar-refractivity contribution in [1.29, 1.82) is 0 Å². The van der Waals surface area contributed by atoms with Crippen molar-refractivity contribution in [2.45, 2.75) is 26.7 Å². The van der Waals surface area contributed by atoms with Crippen molar-refractivity contribution in [2.75, 3.05) is 49.5 Å². The van der Waals surface area contributed by atoms with E-state index < -0.39 is 5.97 Å². The Morgan fingerprint density at radius 2 is 1.73 bits per heavy atom. The molecule has 2 aromatic carbocycles. The Labute approximate surface area is 194 Å². The highest BCUT2D eigenvalue weighted by molar-refractivity contribution is 6.06. The molecule has 8 heteroatoms. The number of nitrogens with one attached hydrogen (secondary N) is 2. The lowest BCUT2D eigenvalue weighted by molar-refractivity contribution is -0.122. The van der Waals surface area contributed by atoms with Crippen LogP contribution in [0.4, 0.5) is 11.4 Å². The largest absolute Gasteiger partial charge is 0.478 e. The number of carbonyl (C=O) groups excluding carboxylic acids is 2. The van der Waals surface area contributed by atoms with E-state index in [2.05, 4.69) is 22.5 Å². The van der Waals surface area contributed by atoms with Crippen molar-refractivity contribution in [3.05, 3.63) is 59.2 Å². The molecule has 0 atom stereocenters. The molecule has 1 fully saturated rings. The highest BCUT2D eigenvalue weighted by atomic mass is 16.4. The number of rotatable bonds is 9. The van der Waals surface area contributed by atoms with E-state index in [1.165, 1.54) is 6.07 Å². The zero-order valence-corrected chi connectivity index (χ0v) is 19.3. The molecular formula is C25H32N4O4. The fraction of sp³-hybridized carbons (Fsp3) is 0.400. The predicted molar refractivity (Wildman–Crippen MR) is 129 cm³/mol. The average Bonchev–Trinajstić information content (AvgIpc) is 2.80. The van der Waals surface area contributed by atoms with E-state index in [1.807, 2.05) is 24.0 Å². The third kappa shape index (κ3) is 6.55. The van der Waals surface area contributed by atoms with Crippen molar-refractivity contribution in [1.82, 2.24) is 10.2 Å². The van der Waals surface area contributed by atoms with Crippen LogP contribution in [0.3, 0.4) is 0 Å². The summed E-state index contributed by atoms with van der Waals surface area (Å²) in [6.45, 7) is 7.58. The number of hydrogen-bond acceptors (Lipinski definition) is 5. The highest BCUT2D eigenvalue weighted by Crippen LogP contribution is 2.26. The number of carboxylic acids is 1. The first-order valence-corrected chi connectivity index (χ1v) is 11.4. The molecule has 3 rings (SSSR count). The predicted octanol–water partition coefficient (Wildman–Crippen LogP) is 2.98. The minimum absolute atomic E-state index is 0.0249.